The summed E-state index contributed by atoms with van der Waals surface area (Å²) in [5.74, 6) is 2.11. The fourth-order valence-electron chi connectivity index (χ4n) is 6.96. The van der Waals surface area contributed by atoms with Gasteiger partial charge in [-0.25, -0.2) is 15.0 Å². The van der Waals surface area contributed by atoms with Crippen molar-refractivity contribution >= 4 is 37.9 Å². The molecule has 0 N–H and O–H groups in total. The molecular weight excluding hydrogens is 583 g/mol. The standard InChI is InChI=1S/C45H31N3/c1-3-13-30(14-4-1)43-46-44(31-15-5-2-6-16-31)48-45(47-43)36-20-12-19-34(28-36)32-17-11-18-33(27-32)35-25-26-41-39-23-8-7-21-37(39)38-22-9-10-24-40(38)42(41)29-35/h1-5,7-15,17-29H,6,16H2. The molecule has 0 fully saturated rings. The van der Waals surface area contributed by atoms with Crippen molar-refractivity contribution in [1.29, 1.82) is 0 Å². The summed E-state index contributed by atoms with van der Waals surface area (Å²) in [7, 11) is 0. The molecule has 0 atom stereocenters. The van der Waals surface area contributed by atoms with Crippen molar-refractivity contribution in [1.82, 2.24) is 15.0 Å². The molecule has 1 aromatic heterocycles. The Hall–Kier alpha value is -6.19. The highest BCUT2D eigenvalue weighted by molar-refractivity contribution is 6.25. The van der Waals surface area contributed by atoms with E-state index in [1.54, 1.807) is 0 Å². The summed E-state index contributed by atoms with van der Waals surface area (Å²) < 4.78 is 0. The summed E-state index contributed by atoms with van der Waals surface area (Å²) in [6, 6.07) is 51.9. The largest absolute Gasteiger partial charge is 0.209 e. The fourth-order valence-corrected chi connectivity index (χ4v) is 6.96. The Morgan fingerprint density at radius 2 is 0.833 bits per heavy atom. The van der Waals surface area contributed by atoms with Gasteiger partial charge in [-0.1, -0.05) is 146 Å². The van der Waals surface area contributed by atoms with Gasteiger partial charge < -0.3 is 0 Å². The van der Waals surface area contributed by atoms with Crippen LogP contribution in [-0.2, 0) is 0 Å². The van der Waals surface area contributed by atoms with E-state index in [2.05, 4.69) is 146 Å². The maximum Gasteiger partial charge on any atom is 0.164 e. The maximum atomic E-state index is 5.00. The van der Waals surface area contributed by atoms with E-state index in [-0.39, 0.29) is 0 Å². The first-order valence-electron chi connectivity index (χ1n) is 16.5. The van der Waals surface area contributed by atoms with E-state index in [4.69, 9.17) is 15.0 Å². The zero-order chi connectivity index (χ0) is 31.9. The molecule has 1 aliphatic carbocycles. The number of aromatic nitrogens is 3. The molecule has 7 aromatic carbocycles. The van der Waals surface area contributed by atoms with Gasteiger partial charge in [0.1, 0.15) is 0 Å². The Labute approximate surface area is 279 Å². The van der Waals surface area contributed by atoms with E-state index in [0.717, 1.165) is 46.5 Å². The summed E-state index contributed by atoms with van der Waals surface area (Å²) in [6.07, 6.45) is 8.31. The topological polar surface area (TPSA) is 38.7 Å². The van der Waals surface area contributed by atoms with Crippen LogP contribution in [0.4, 0.5) is 0 Å². The molecular formula is C45H31N3. The lowest BCUT2D eigenvalue weighted by molar-refractivity contribution is 0.978. The molecule has 0 amide bonds. The summed E-state index contributed by atoms with van der Waals surface area (Å²) in [4.78, 5) is 14.9. The second-order valence-electron chi connectivity index (χ2n) is 12.3. The molecule has 3 heteroatoms. The van der Waals surface area contributed by atoms with Gasteiger partial charge in [0.2, 0.25) is 0 Å². The van der Waals surface area contributed by atoms with Crippen LogP contribution in [0.25, 0.3) is 82.9 Å². The number of rotatable bonds is 5. The van der Waals surface area contributed by atoms with Gasteiger partial charge in [0, 0.05) is 11.1 Å². The second-order valence-corrected chi connectivity index (χ2v) is 12.3. The van der Waals surface area contributed by atoms with Gasteiger partial charge in [-0.3, -0.25) is 0 Å². The highest BCUT2D eigenvalue weighted by Crippen LogP contribution is 2.38. The first kappa shape index (κ1) is 28.1. The van der Waals surface area contributed by atoms with Crippen molar-refractivity contribution in [2.75, 3.05) is 0 Å². The molecule has 0 spiro atoms. The molecule has 226 valence electrons. The van der Waals surface area contributed by atoms with Crippen LogP contribution in [0.1, 0.15) is 18.7 Å². The number of hydrogen-bond acceptors (Lipinski definition) is 3. The lowest BCUT2D eigenvalue weighted by Crippen LogP contribution is -2.03. The molecule has 0 bridgehead atoms. The zero-order valence-corrected chi connectivity index (χ0v) is 26.3. The van der Waals surface area contributed by atoms with Crippen molar-refractivity contribution in [3.8, 4) is 45.0 Å². The third-order valence-electron chi connectivity index (χ3n) is 9.36. The Morgan fingerprint density at radius 3 is 1.46 bits per heavy atom. The van der Waals surface area contributed by atoms with E-state index in [1.165, 1.54) is 43.4 Å². The average Bonchev–Trinajstić information content (AvgIpc) is 3.18. The van der Waals surface area contributed by atoms with Crippen LogP contribution in [0, 0.1) is 0 Å². The molecule has 48 heavy (non-hydrogen) atoms. The number of fused-ring (bicyclic) bond motifs is 6. The van der Waals surface area contributed by atoms with Crippen molar-refractivity contribution in [2.45, 2.75) is 12.8 Å². The van der Waals surface area contributed by atoms with E-state index in [0.29, 0.717) is 11.6 Å². The predicted molar refractivity (Wildman–Crippen MR) is 200 cm³/mol. The predicted octanol–water partition coefficient (Wildman–Crippen LogP) is 11.7. The number of nitrogens with zero attached hydrogens (tertiary/aromatic N) is 3. The Kier molecular flexibility index (Phi) is 6.94. The third kappa shape index (κ3) is 5.06. The lowest BCUT2D eigenvalue weighted by atomic mass is 9.91. The summed E-state index contributed by atoms with van der Waals surface area (Å²) in [5, 5.41) is 7.71. The van der Waals surface area contributed by atoms with Gasteiger partial charge in [-0.05, 0) is 91.2 Å². The number of hydrogen-bond donors (Lipinski definition) is 0. The van der Waals surface area contributed by atoms with Crippen LogP contribution >= 0.6 is 0 Å². The highest BCUT2D eigenvalue weighted by atomic mass is 15.0. The van der Waals surface area contributed by atoms with Crippen LogP contribution < -0.4 is 0 Å². The lowest BCUT2D eigenvalue weighted by Gasteiger charge is -2.13. The zero-order valence-electron chi connectivity index (χ0n) is 26.3. The summed E-state index contributed by atoms with van der Waals surface area (Å²) in [6.45, 7) is 0. The third-order valence-corrected chi connectivity index (χ3v) is 9.36. The molecule has 8 aromatic rings. The molecule has 0 saturated carbocycles. The smallest absolute Gasteiger partial charge is 0.164 e. The first-order valence-corrected chi connectivity index (χ1v) is 16.5. The van der Waals surface area contributed by atoms with Crippen LogP contribution in [0.3, 0.4) is 0 Å². The van der Waals surface area contributed by atoms with Crippen molar-refractivity contribution < 1.29 is 0 Å². The molecule has 0 saturated heterocycles. The van der Waals surface area contributed by atoms with Gasteiger partial charge >= 0.3 is 0 Å². The van der Waals surface area contributed by atoms with Crippen LogP contribution in [-0.4, -0.2) is 15.0 Å². The fraction of sp³-hybridized carbons (Fsp3) is 0.0444. The molecule has 1 heterocycles. The average molecular weight is 614 g/mol. The minimum Gasteiger partial charge on any atom is -0.209 e. The number of allylic oxidation sites excluding steroid dienone is 4. The summed E-state index contributed by atoms with van der Waals surface area (Å²) >= 11 is 0. The molecule has 9 rings (SSSR count). The van der Waals surface area contributed by atoms with E-state index in [1.807, 2.05) is 18.2 Å². The highest BCUT2D eigenvalue weighted by Gasteiger charge is 2.15. The van der Waals surface area contributed by atoms with Crippen LogP contribution in [0.2, 0.25) is 0 Å². The number of benzene rings is 7. The normalized spacial score (nSPS) is 12.9. The molecule has 0 radical (unpaired) electrons. The van der Waals surface area contributed by atoms with Gasteiger partial charge in [-0.15, -0.1) is 0 Å². The Balaban J connectivity index is 1.13. The molecule has 1 aliphatic rings. The van der Waals surface area contributed by atoms with Crippen molar-refractivity contribution in [3.05, 3.63) is 170 Å². The van der Waals surface area contributed by atoms with Gasteiger partial charge in [-0.2, -0.15) is 0 Å². The van der Waals surface area contributed by atoms with Crippen LogP contribution in [0.5, 0.6) is 0 Å². The minimum atomic E-state index is 0.681. The van der Waals surface area contributed by atoms with E-state index in [9.17, 15) is 0 Å². The van der Waals surface area contributed by atoms with E-state index >= 15 is 0 Å². The van der Waals surface area contributed by atoms with Gasteiger partial charge in [0.05, 0.1) is 0 Å². The molecule has 0 unspecified atom stereocenters. The second kappa shape index (κ2) is 11.9. The molecule has 0 aliphatic heterocycles. The van der Waals surface area contributed by atoms with Gasteiger partial charge in [0.25, 0.3) is 0 Å². The van der Waals surface area contributed by atoms with Gasteiger partial charge in [0.15, 0.2) is 17.5 Å². The van der Waals surface area contributed by atoms with Crippen molar-refractivity contribution in [3.63, 3.8) is 0 Å². The maximum absolute atomic E-state index is 5.00. The first-order chi connectivity index (χ1) is 23.8. The monoisotopic (exact) mass is 613 g/mol. The van der Waals surface area contributed by atoms with Crippen molar-refractivity contribution in [2.24, 2.45) is 0 Å². The van der Waals surface area contributed by atoms with Crippen LogP contribution in [0.15, 0.2) is 164 Å². The minimum absolute atomic E-state index is 0.681. The Bertz CT molecular complexity index is 2530. The summed E-state index contributed by atoms with van der Waals surface area (Å²) in [5.41, 5.74) is 7.74. The quantitative estimate of drug-likeness (QED) is 0.181. The Morgan fingerprint density at radius 1 is 0.354 bits per heavy atom. The molecule has 3 nitrogen and oxygen atoms in total. The SMILES string of the molecule is C1=CCCC(c2nc(-c3ccccc3)nc(-c3cccc(-c4cccc(-c5ccc6c7ccccc7c7ccccc7c6c5)c4)c3)n2)=C1. The van der Waals surface area contributed by atoms with E-state index < -0.39 is 0 Å².